The molecule has 4 rings (SSSR count). The molecule has 1 aromatic heterocycles. The Morgan fingerprint density at radius 2 is 1.93 bits per heavy atom. The van der Waals surface area contributed by atoms with Crippen molar-refractivity contribution in [2.45, 2.75) is 65.5 Å². The average Bonchev–Trinajstić information content (AvgIpc) is 3.33. The summed E-state index contributed by atoms with van der Waals surface area (Å²) < 4.78 is 2.07. The van der Waals surface area contributed by atoms with Crippen LogP contribution in [0.2, 0.25) is 0 Å². The van der Waals surface area contributed by atoms with Crippen LogP contribution in [0.4, 0.5) is 0 Å². The van der Waals surface area contributed by atoms with Crippen molar-refractivity contribution in [3.63, 3.8) is 0 Å². The van der Waals surface area contributed by atoms with Gasteiger partial charge in [0.1, 0.15) is 5.82 Å². The van der Waals surface area contributed by atoms with Gasteiger partial charge in [-0.05, 0) is 49.8 Å². The highest BCUT2D eigenvalue weighted by Gasteiger charge is 2.42. The quantitative estimate of drug-likeness (QED) is 0.719. The zero-order valence-corrected chi connectivity index (χ0v) is 18.8. The normalized spacial score (nSPS) is 22.3. The van der Waals surface area contributed by atoms with Crippen LogP contribution < -0.4 is 0 Å². The lowest BCUT2D eigenvalue weighted by Gasteiger charge is -2.40. The van der Waals surface area contributed by atoms with Crippen molar-refractivity contribution in [2.24, 2.45) is 5.41 Å². The molecular formula is C25H36N4O. The molecule has 1 atom stereocenters. The van der Waals surface area contributed by atoms with E-state index in [9.17, 15) is 4.79 Å². The van der Waals surface area contributed by atoms with Crippen LogP contribution in [-0.4, -0.2) is 51.4 Å². The fourth-order valence-corrected chi connectivity index (χ4v) is 5.21. The molecule has 0 aliphatic carbocycles. The van der Waals surface area contributed by atoms with Crippen LogP contribution in [0, 0.1) is 12.3 Å². The molecule has 2 saturated heterocycles. The topological polar surface area (TPSA) is 41.4 Å². The Hall–Kier alpha value is -2.14. The summed E-state index contributed by atoms with van der Waals surface area (Å²) in [5.41, 5.74) is 3.10. The van der Waals surface area contributed by atoms with E-state index in [-0.39, 0.29) is 5.41 Å². The number of amides is 1. The maximum Gasteiger partial charge on any atom is 0.224 e. The van der Waals surface area contributed by atoms with Gasteiger partial charge in [0, 0.05) is 57.0 Å². The summed E-state index contributed by atoms with van der Waals surface area (Å²) in [6, 6.07) is 9.13. The van der Waals surface area contributed by atoms with Crippen molar-refractivity contribution < 1.29 is 4.79 Å². The Morgan fingerprint density at radius 1 is 1.13 bits per heavy atom. The van der Waals surface area contributed by atoms with Gasteiger partial charge in [0.15, 0.2) is 0 Å². The number of benzene rings is 1. The Bertz CT molecular complexity index is 856. The third-order valence-corrected chi connectivity index (χ3v) is 7.07. The molecule has 1 unspecified atom stereocenters. The van der Waals surface area contributed by atoms with Crippen LogP contribution >= 0.6 is 0 Å². The largest absolute Gasteiger partial charge is 0.342 e. The number of nitrogens with zero attached hydrogens (tertiary/aromatic N) is 4. The minimum absolute atomic E-state index is 0.288. The first-order valence-electron chi connectivity index (χ1n) is 11.5. The van der Waals surface area contributed by atoms with Crippen LogP contribution in [0.5, 0.6) is 0 Å². The summed E-state index contributed by atoms with van der Waals surface area (Å²) in [5, 5.41) is 0. The highest BCUT2D eigenvalue weighted by atomic mass is 16.2. The average molecular weight is 409 g/mol. The molecule has 0 N–H and O–H groups in total. The van der Waals surface area contributed by atoms with Crippen LogP contribution in [0.15, 0.2) is 36.7 Å². The second kappa shape index (κ2) is 8.93. The number of hydrogen-bond acceptors (Lipinski definition) is 3. The molecule has 2 aliphatic heterocycles. The SMILES string of the molecule is Cc1nccn1CCC(=O)N1CCC2(CCCN(Cc3ccc(C(C)C)cc3)C2)C1. The second-order valence-corrected chi connectivity index (χ2v) is 9.69. The van der Waals surface area contributed by atoms with E-state index >= 15 is 0 Å². The molecule has 2 fully saturated rings. The van der Waals surface area contributed by atoms with Crippen LogP contribution in [-0.2, 0) is 17.9 Å². The molecule has 5 heteroatoms. The molecular weight excluding hydrogens is 372 g/mol. The highest BCUT2D eigenvalue weighted by Crippen LogP contribution is 2.39. The highest BCUT2D eigenvalue weighted by molar-refractivity contribution is 5.76. The third kappa shape index (κ3) is 4.77. The zero-order valence-electron chi connectivity index (χ0n) is 18.8. The molecule has 30 heavy (non-hydrogen) atoms. The van der Waals surface area contributed by atoms with E-state index in [0.717, 1.165) is 45.0 Å². The summed E-state index contributed by atoms with van der Waals surface area (Å²) in [6.45, 7) is 12.4. The monoisotopic (exact) mass is 408 g/mol. The molecule has 162 valence electrons. The molecule has 0 radical (unpaired) electrons. The number of imidazole rings is 1. The van der Waals surface area contributed by atoms with Crippen molar-refractivity contribution in [1.29, 1.82) is 0 Å². The molecule has 2 aromatic rings. The number of aryl methyl sites for hydroxylation is 2. The van der Waals surface area contributed by atoms with E-state index in [4.69, 9.17) is 0 Å². The third-order valence-electron chi connectivity index (χ3n) is 7.07. The number of rotatable bonds is 6. The maximum atomic E-state index is 12.8. The van der Waals surface area contributed by atoms with E-state index in [1.807, 2.05) is 13.1 Å². The predicted molar refractivity (Wildman–Crippen MR) is 120 cm³/mol. The minimum atomic E-state index is 0.288. The van der Waals surface area contributed by atoms with E-state index in [0.29, 0.717) is 18.2 Å². The van der Waals surface area contributed by atoms with Gasteiger partial charge in [-0.3, -0.25) is 9.69 Å². The Balaban J connectivity index is 1.31. The number of likely N-dealkylation sites (tertiary alicyclic amines) is 2. The summed E-state index contributed by atoms with van der Waals surface area (Å²) in [6.07, 6.45) is 7.96. The number of hydrogen-bond donors (Lipinski definition) is 0. The van der Waals surface area contributed by atoms with Crippen molar-refractivity contribution in [2.75, 3.05) is 26.2 Å². The number of piperidine rings is 1. The smallest absolute Gasteiger partial charge is 0.224 e. The summed E-state index contributed by atoms with van der Waals surface area (Å²) in [4.78, 5) is 21.8. The minimum Gasteiger partial charge on any atom is -0.342 e. The number of carbonyl (C=O) groups excluding carboxylic acids is 1. The van der Waals surface area contributed by atoms with E-state index in [2.05, 4.69) is 57.5 Å². The lowest BCUT2D eigenvalue weighted by atomic mass is 9.79. The van der Waals surface area contributed by atoms with Gasteiger partial charge in [0.25, 0.3) is 0 Å². The molecule has 3 heterocycles. The Labute approximate surface area is 181 Å². The first kappa shape index (κ1) is 21.1. The van der Waals surface area contributed by atoms with E-state index in [1.165, 1.54) is 30.5 Å². The summed E-state index contributed by atoms with van der Waals surface area (Å²) in [7, 11) is 0. The summed E-state index contributed by atoms with van der Waals surface area (Å²) >= 11 is 0. The lowest BCUT2D eigenvalue weighted by Crippen LogP contribution is -2.45. The summed E-state index contributed by atoms with van der Waals surface area (Å²) in [5.74, 6) is 1.85. The van der Waals surface area contributed by atoms with Gasteiger partial charge in [-0.15, -0.1) is 0 Å². The number of carbonyl (C=O) groups is 1. The Kier molecular flexibility index (Phi) is 6.28. The molecule has 0 bridgehead atoms. The molecule has 1 spiro atoms. The fourth-order valence-electron chi connectivity index (χ4n) is 5.21. The van der Waals surface area contributed by atoms with Crippen molar-refractivity contribution in [1.82, 2.24) is 19.4 Å². The maximum absolute atomic E-state index is 12.8. The van der Waals surface area contributed by atoms with Gasteiger partial charge < -0.3 is 9.47 Å². The number of aromatic nitrogens is 2. The van der Waals surface area contributed by atoms with Gasteiger partial charge >= 0.3 is 0 Å². The zero-order chi connectivity index (χ0) is 21.1. The van der Waals surface area contributed by atoms with Crippen molar-refractivity contribution in [3.05, 3.63) is 53.6 Å². The lowest BCUT2D eigenvalue weighted by molar-refractivity contribution is -0.131. The Morgan fingerprint density at radius 3 is 2.63 bits per heavy atom. The molecule has 1 aromatic carbocycles. The van der Waals surface area contributed by atoms with Gasteiger partial charge in [-0.1, -0.05) is 38.1 Å². The van der Waals surface area contributed by atoms with Gasteiger partial charge in [0.2, 0.25) is 5.91 Å². The predicted octanol–water partition coefficient (Wildman–Crippen LogP) is 4.22. The van der Waals surface area contributed by atoms with Crippen LogP contribution in [0.1, 0.15) is 62.4 Å². The van der Waals surface area contributed by atoms with Gasteiger partial charge in [-0.25, -0.2) is 4.98 Å². The first-order chi connectivity index (χ1) is 14.4. The van der Waals surface area contributed by atoms with Crippen molar-refractivity contribution >= 4 is 5.91 Å². The molecule has 2 aliphatic rings. The molecule has 5 nitrogen and oxygen atoms in total. The standard InChI is InChI=1S/C25H36N4O/c1-20(2)23-7-5-22(6-8-23)17-27-13-4-10-25(18-27)11-15-29(19-25)24(30)9-14-28-16-12-26-21(28)3/h5-8,12,16,20H,4,9-11,13-15,17-19H2,1-3H3. The van der Waals surface area contributed by atoms with Gasteiger partial charge in [-0.2, -0.15) is 0 Å². The first-order valence-corrected chi connectivity index (χ1v) is 11.5. The molecule has 1 amide bonds. The second-order valence-electron chi connectivity index (χ2n) is 9.69. The van der Waals surface area contributed by atoms with Crippen molar-refractivity contribution in [3.8, 4) is 0 Å². The van der Waals surface area contributed by atoms with Crippen LogP contribution in [0.25, 0.3) is 0 Å². The van der Waals surface area contributed by atoms with Gasteiger partial charge in [0.05, 0.1) is 0 Å². The fraction of sp³-hybridized carbons (Fsp3) is 0.600. The van der Waals surface area contributed by atoms with E-state index in [1.54, 1.807) is 6.20 Å². The van der Waals surface area contributed by atoms with E-state index < -0.39 is 0 Å². The van der Waals surface area contributed by atoms with Crippen LogP contribution in [0.3, 0.4) is 0 Å². The molecule has 0 saturated carbocycles.